The Labute approximate surface area is 227 Å². The van der Waals surface area contributed by atoms with E-state index in [9.17, 15) is 15.1 Å². The molecule has 1 atom stereocenters. The monoisotopic (exact) mass is 543 g/mol. The molecule has 0 saturated carbocycles. The number of aromatic nitrogens is 5. The van der Waals surface area contributed by atoms with Crippen molar-refractivity contribution < 1.29 is 19.4 Å². The smallest absolute Gasteiger partial charge is 0.411 e. The average Bonchev–Trinajstić information content (AvgIpc) is 3.70. The number of nitrogens with zero attached hydrogens (tertiary/aromatic N) is 6. The second-order valence-electron chi connectivity index (χ2n) is 9.31. The Bertz CT molecular complexity index is 1650. The highest BCUT2D eigenvalue weighted by molar-refractivity contribution is 6.31. The number of hydrogen-bond donors (Lipinski definition) is 2. The fourth-order valence-electron chi connectivity index (χ4n) is 5.14. The van der Waals surface area contributed by atoms with Crippen molar-refractivity contribution in [2.24, 2.45) is 4.99 Å². The Morgan fingerprint density at radius 1 is 1.21 bits per heavy atom. The van der Waals surface area contributed by atoms with Gasteiger partial charge in [0.1, 0.15) is 6.33 Å². The summed E-state index contributed by atoms with van der Waals surface area (Å²) < 4.78 is 6.86. The second-order valence-corrected chi connectivity index (χ2v) is 9.74. The highest BCUT2D eigenvalue weighted by Gasteiger charge is 2.48. The van der Waals surface area contributed by atoms with Crippen molar-refractivity contribution in [3.05, 3.63) is 99.9 Å². The number of pyridine rings is 1. The van der Waals surface area contributed by atoms with Gasteiger partial charge in [-0.15, -0.1) is 5.10 Å². The summed E-state index contributed by atoms with van der Waals surface area (Å²) >= 11 is 6.29. The van der Waals surface area contributed by atoms with Gasteiger partial charge in [-0.1, -0.05) is 23.7 Å². The van der Waals surface area contributed by atoms with Crippen LogP contribution in [0.2, 0.25) is 5.02 Å². The molecule has 11 nitrogen and oxygen atoms in total. The van der Waals surface area contributed by atoms with Crippen LogP contribution < -0.4 is 10.0 Å². The van der Waals surface area contributed by atoms with E-state index in [0.29, 0.717) is 58.1 Å². The van der Waals surface area contributed by atoms with Crippen molar-refractivity contribution in [2.45, 2.75) is 24.9 Å². The number of aryl methyl sites for hydroxylation is 1. The summed E-state index contributed by atoms with van der Waals surface area (Å²) in [6.07, 6.45) is 5.27. The van der Waals surface area contributed by atoms with E-state index in [2.05, 4.69) is 30.6 Å². The number of methoxy groups -OCH3 is 1. The van der Waals surface area contributed by atoms with Gasteiger partial charge in [-0.3, -0.25) is 10.3 Å². The van der Waals surface area contributed by atoms with E-state index in [4.69, 9.17) is 11.6 Å². The van der Waals surface area contributed by atoms with Crippen LogP contribution >= 0.6 is 11.6 Å². The first-order valence-electron chi connectivity index (χ1n) is 12.1. The number of benzene rings is 2. The Balaban J connectivity index is 1.27. The van der Waals surface area contributed by atoms with E-state index in [-0.39, 0.29) is 0 Å². The second kappa shape index (κ2) is 9.61. The molecule has 1 unspecified atom stereocenters. The molecule has 0 fully saturated rings. The van der Waals surface area contributed by atoms with Gasteiger partial charge in [-0.25, -0.2) is 4.79 Å². The number of tetrazole rings is 1. The zero-order chi connectivity index (χ0) is 27.1. The Morgan fingerprint density at radius 2 is 2.03 bits per heavy atom. The maximum Gasteiger partial charge on any atom is 0.411 e. The molecule has 4 aromatic rings. The molecule has 1 amide bonds. The van der Waals surface area contributed by atoms with Crippen molar-refractivity contribution >= 4 is 29.1 Å². The molecule has 2 aromatic carbocycles. The summed E-state index contributed by atoms with van der Waals surface area (Å²) in [6.45, 7) is 0. The van der Waals surface area contributed by atoms with E-state index in [0.717, 1.165) is 21.6 Å². The number of halogens is 1. The lowest BCUT2D eigenvalue weighted by Crippen LogP contribution is -2.42. The van der Waals surface area contributed by atoms with Crippen molar-refractivity contribution in [1.82, 2.24) is 20.2 Å². The van der Waals surface area contributed by atoms with Gasteiger partial charge in [0.2, 0.25) is 5.69 Å². The predicted octanol–water partition coefficient (Wildman–Crippen LogP) is 3.71. The predicted molar refractivity (Wildman–Crippen MR) is 142 cm³/mol. The highest BCUT2D eigenvalue weighted by Crippen LogP contribution is 2.44. The molecule has 6 rings (SSSR count). The molecule has 1 aliphatic heterocycles. The van der Waals surface area contributed by atoms with Gasteiger partial charge in [0.25, 0.3) is 0 Å². The maximum atomic E-state index is 13.4. The van der Waals surface area contributed by atoms with Gasteiger partial charge in [-0.05, 0) is 70.8 Å². The van der Waals surface area contributed by atoms with Crippen LogP contribution in [0.1, 0.15) is 29.7 Å². The van der Waals surface area contributed by atoms with Gasteiger partial charge in [0, 0.05) is 40.0 Å². The summed E-state index contributed by atoms with van der Waals surface area (Å²) in [7, 11) is 1.30. The minimum absolute atomic E-state index is 0.303. The van der Waals surface area contributed by atoms with Gasteiger partial charge in [-0.2, -0.15) is 9.41 Å². The van der Waals surface area contributed by atoms with Gasteiger partial charge < -0.3 is 15.1 Å². The molecule has 0 radical (unpaired) electrons. The summed E-state index contributed by atoms with van der Waals surface area (Å²) in [5.41, 5.74) is 4.46. The molecule has 39 heavy (non-hydrogen) atoms. The largest absolute Gasteiger partial charge is 0.618 e. The van der Waals surface area contributed by atoms with Gasteiger partial charge in [0.05, 0.1) is 18.5 Å². The summed E-state index contributed by atoms with van der Waals surface area (Å²) in [6, 6.07) is 14.3. The van der Waals surface area contributed by atoms with Crippen LogP contribution in [0.15, 0.2) is 77.8 Å². The van der Waals surface area contributed by atoms with Crippen LogP contribution in [-0.2, 0) is 16.8 Å². The van der Waals surface area contributed by atoms with Crippen molar-refractivity contribution in [3.63, 3.8) is 0 Å². The molecule has 1 aliphatic carbocycles. The zero-order valence-corrected chi connectivity index (χ0v) is 21.5. The molecule has 196 valence electrons. The molecule has 2 aliphatic rings. The molecule has 2 aromatic heterocycles. The van der Waals surface area contributed by atoms with Crippen LogP contribution in [0.3, 0.4) is 0 Å². The first kappa shape index (κ1) is 24.7. The topological polar surface area (TPSA) is 141 Å². The minimum Gasteiger partial charge on any atom is -0.618 e. The number of fused-ring (bicyclic) bond motifs is 1. The molecule has 0 spiro atoms. The van der Waals surface area contributed by atoms with Crippen LogP contribution in [0, 0.1) is 5.21 Å². The van der Waals surface area contributed by atoms with Crippen LogP contribution in [0.5, 0.6) is 0 Å². The van der Waals surface area contributed by atoms with Crippen LogP contribution in [0.25, 0.3) is 16.8 Å². The SMILES string of the molecule is COC(=O)Nc1ccc(C2=NC=C(C3(O)CCc4cc(-c5cc(Cl)ccc5-n5cnnn5)c[n+]([O-])c43)C2)cc1. The Morgan fingerprint density at radius 3 is 2.77 bits per heavy atom. The number of carbonyl (C=O) groups is 1. The quantitative estimate of drug-likeness (QED) is 0.289. The van der Waals surface area contributed by atoms with E-state index in [1.54, 1.807) is 36.5 Å². The molecular formula is C27H22ClN7O4. The molecule has 0 bridgehead atoms. The Hall–Kier alpha value is -4.61. The molecule has 12 heteroatoms. The molecule has 3 heterocycles. The number of ether oxygens (including phenoxy) is 1. The summed E-state index contributed by atoms with van der Waals surface area (Å²) in [4.78, 5) is 16.0. The lowest BCUT2D eigenvalue weighted by atomic mass is 9.87. The van der Waals surface area contributed by atoms with E-state index >= 15 is 0 Å². The van der Waals surface area contributed by atoms with Crippen molar-refractivity contribution in [1.29, 1.82) is 0 Å². The van der Waals surface area contributed by atoms with E-state index in [1.165, 1.54) is 24.3 Å². The van der Waals surface area contributed by atoms with E-state index in [1.807, 2.05) is 18.2 Å². The van der Waals surface area contributed by atoms with Crippen LogP contribution in [0.4, 0.5) is 10.5 Å². The Kier molecular flexibility index (Phi) is 6.09. The van der Waals surface area contributed by atoms with Gasteiger partial charge >= 0.3 is 6.09 Å². The lowest BCUT2D eigenvalue weighted by molar-refractivity contribution is -0.620. The third-order valence-electron chi connectivity index (χ3n) is 7.04. The first-order valence-corrected chi connectivity index (χ1v) is 12.5. The maximum absolute atomic E-state index is 13.4. The first-order chi connectivity index (χ1) is 18.9. The number of anilines is 1. The minimum atomic E-state index is -1.44. The third-order valence-corrected chi connectivity index (χ3v) is 7.27. The van der Waals surface area contributed by atoms with Crippen molar-refractivity contribution in [2.75, 3.05) is 12.4 Å². The summed E-state index contributed by atoms with van der Waals surface area (Å²) in [5, 5.41) is 39.7. The van der Waals surface area contributed by atoms with Crippen molar-refractivity contribution in [3.8, 4) is 16.8 Å². The fourth-order valence-corrected chi connectivity index (χ4v) is 5.31. The standard InChI is InChI=1S/C27H22ClN7O4/c1-39-26(36)31-21-5-2-16(3-6-21)23-11-19(13-29-23)27(37)9-8-17-10-18(14-35(38)25(17)27)22-12-20(28)4-7-24(22)34-15-30-32-33-34/h2-7,10,12-15,37H,8-9,11H2,1H3,(H,31,36). The van der Waals surface area contributed by atoms with Gasteiger partial charge in [0.15, 0.2) is 11.8 Å². The van der Waals surface area contributed by atoms with E-state index < -0.39 is 11.7 Å². The number of amides is 1. The molecule has 0 saturated heterocycles. The number of hydrogen-bond acceptors (Lipinski definition) is 8. The lowest BCUT2D eigenvalue weighted by Gasteiger charge is -2.24. The number of aliphatic imine (C=N–C) groups is 1. The molecule has 2 N–H and O–H groups in total. The number of carbonyl (C=O) groups excluding carboxylic acids is 1. The average molecular weight is 544 g/mol. The summed E-state index contributed by atoms with van der Waals surface area (Å²) in [5.74, 6) is 0. The molecular weight excluding hydrogens is 522 g/mol. The number of rotatable bonds is 5. The highest BCUT2D eigenvalue weighted by atomic mass is 35.5. The zero-order valence-electron chi connectivity index (χ0n) is 20.7. The number of nitrogens with one attached hydrogen (secondary N) is 1. The normalized spacial score (nSPS) is 17.9. The number of aliphatic hydroxyl groups is 1. The third kappa shape index (κ3) is 4.41. The van der Waals surface area contributed by atoms with Crippen LogP contribution in [-0.4, -0.2) is 44.2 Å². The fraction of sp³-hybridized carbons (Fsp3) is 0.185.